The lowest BCUT2D eigenvalue weighted by atomic mass is 9.87. The van der Waals surface area contributed by atoms with Crippen LogP contribution in [0.3, 0.4) is 0 Å². The van der Waals surface area contributed by atoms with Crippen molar-refractivity contribution in [2.75, 3.05) is 6.54 Å². The fourth-order valence-corrected chi connectivity index (χ4v) is 3.67. The molecule has 146 valence electrons. The Balaban J connectivity index is 1.74. The third-order valence-electron chi connectivity index (χ3n) is 4.96. The minimum Gasteiger partial charge on any atom is -0.371 e. The number of carbonyl (C=O) groups is 1. The largest absolute Gasteiger partial charge is 0.371 e. The Labute approximate surface area is 160 Å². The average molecular weight is 384 g/mol. The van der Waals surface area contributed by atoms with Crippen molar-refractivity contribution in [2.24, 2.45) is 12.5 Å². The van der Waals surface area contributed by atoms with Gasteiger partial charge >= 0.3 is 0 Å². The summed E-state index contributed by atoms with van der Waals surface area (Å²) >= 11 is 0. The normalized spacial score (nSPS) is 15.9. The number of carbonyl (C=O) groups excluding carboxylic acids is 1. The minimum atomic E-state index is -0.370. The summed E-state index contributed by atoms with van der Waals surface area (Å²) < 4.78 is 22.2. The van der Waals surface area contributed by atoms with E-state index in [4.69, 9.17) is 4.52 Å². The lowest BCUT2D eigenvalue weighted by Crippen LogP contribution is -2.37. The zero-order valence-electron chi connectivity index (χ0n) is 16.0. The maximum Gasteiger partial charge on any atom is 0.292 e. The first-order chi connectivity index (χ1) is 13.2. The zero-order chi connectivity index (χ0) is 20.1. The summed E-state index contributed by atoms with van der Waals surface area (Å²) in [6.45, 7) is 4.87. The molecule has 0 N–H and O–H groups in total. The van der Waals surface area contributed by atoms with E-state index in [1.165, 1.54) is 19.2 Å². The molecule has 1 aliphatic heterocycles. The maximum absolute atomic E-state index is 14.3. The molecule has 8 heteroatoms. The molecule has 7 nitrogen and oxygen atoms in total. The van der Waals surface area contributed by atoms with Gasteiger partial charge in [-0.25, -0.2) is 9.07 Å². The Hall–Kier alpha value is -3.16. The fraction of sp³-hybridized carbons (Fsp3) is 0.350. The number of halogens is 1. The molecule has 0 fully saturated rings. The molecular formula is C20H21FN4O3. The van der Waals surface area contributed by atoms with Gasteiger partial charge in [0.05, 0.1) is 12.3 Å². The van der Waals surface area contributed by atoms with E-state index in [0.717, 1.165) is 16.0 Å². The Bertz CT molecular complexity index is 1110. The van der Waals surface area contributed by atoms with Crippen molar-refractivity contribution in [3.05, 3.63) is 69.7 Å². The monoisotopic (exact) mass is 384 g/mol. The number of fused-ring (bicyclic) bond motifs is 1. The highest BCUT2D eigenvalue weighted by molar-refractivity contribution is 5.91. The van der Waals surface area contributed by atoms with Crippen LogP contribution in [-0.4, -0.2) is 31.9 Å². The molecular weight excluding hydrogens is 363 g/mol. The molecule has 0 unspecified atom stereocenters. The summed E-state index contributed by atoms with van der Waals surface area (Å²) in [5.41, 5.74) is 1.46. The predicted molar refractivity (Wildman–Crippen MR) is 99.7 cm³/mol. The number of nitrogens with zero attached hydrogens (tertiary/aromatic N) is 4. The number of para-hydroxylation sites is 1. The van der Waals surface area contributed by atoms with E-state index < -0.39 is 0 Å². The number of hydrogen-bond donors (Lipinski definition) is 0. The number of hydrogen-bond acceptors (Lipinski definition) is 4. The molecule has 1 aliphatic rings. The van der Waals surface area contributed by atoms with Crippen LogP contribution in [-0.2, 0) is 20.0 Å². The molecule has 0 saturated heterocycles. The van der Waals surface area contributed by atoms with Gasteiger partial charge in [0.25, 0.3) is 11.5 Å². The summed E-state index contributed by atoms with van der Waals surface area (Å²) in [5, 5.41) is 4.38. The maximum atomic E-state index is 14.3. The van der Waals surface area contributed by atoms with E-state index in [9.17, 15) is 14.0 Å². The average Bonchev–Trinajstić information content (AvgIpc) is 3.13. The van der Waals surface area contributed by atoms with E-state index in [2.05, 4.69) is 5.10 Å². The first kappa shape index (κ1) is 18.2. The molecule has 0 bridgehead atoms. The van der Waals surface area contributed by atoms with Gasteiger partial charge in [-0.05, 0) is 24.0 Å². The van der Waals surface area contributed by atoms with Gasteiger partial charge in [0.15, 0.2) is 0 Å². The van der Waals surface area contributed by atoms with Crippen molar-refractivity contribution in [2.45, 2.75) is 26.8 Å². The highest BCUT2D eigenvalue weighted by Gasteiger charge is 2.34. The number of aryl methyl sites for hydroxylation is 1. The first-order valence-electron chi connectivity index (χ1n) is 9.02. The summed E-state index contributed by atoms with van der Waals surface area (Å²) in [6.07, 6.45) is 2.30. The Morgan fingerprint density at radius 2 is 2.04 bits per heavy atom. The molecule has 1 amide bonds. The topological polar surface area (TPSA) is 73.3 Å². The van der Waals surface area contributed by atoms with Crippen molar-refractivity contribution >= 4 is 5.91 Å². The van der Waals surface area contributed by atoms with Gasteiger partial charge < -0.3 is 9.42 Å². The molecule has 3 aromatic rings. The lowest BCUT2D eigenvalue weighted by Gasteiger charge is -2.29. The lowest BCUT2D eigenvalue weighted by molar-refractivity contribution is 0.0626. The van der Waals surface area contributed by atoms with Crippen LogP contribution in [0.15, 0.2) is 45.8 Å². The minimum absolute atomic E-state index is 0.00763. The highest BCUT2D eigenvalue weighted by atomic mass is 19.1. The second-order valence-corrected chi connectivity index (χ2v) is 7.92. The van der Waals surface area contributed by atoms with Gasteiger partial charge in [0.1, 0.15) is 11.5 Å². The quantitative estimate of drug-likeness (QED) is 0.681. The molecule has 3 heterocycles. The second kappa shape index (κ2) is 6.47. The van der Waals surface area contributed by atoms with Gasteiger partial charge in [-0.1, -0.05) is 26.0 Å². The zero-order valence-corrected chi connectivity index (χ0v) is 16.0. The van der Waals surface area contributed by atoms with E-state index in [1.807, 2.05) is 13.8 Å². The van der Waals surface area contributed by atoms with Crippen LogP contribution < -0.4 is 5.56 Å². The Kier molecular flexibility index (Phi) is 4.21. The molecule has 0 spiro atoms. The smallest absolute Gasteiger partial charge is 0.292 e. The fourth-order valence-electron chi connectivity index (χ4n) is 3.67. The summed E-state index contributed by atoms with van der Waals surface area (Å²) in [7, 11) is 1.46. The number of aromatic nitrogens is 3. The highest BCUT2D eigenvalue weighted by Crippen LogP contribution is 2.32. The summed E-state index contributed by atoms with van der Waals surface area (Å²) in [4.78, 5) is 26.3. The molecule has 0 radical (unpaired) electrons. The molecule has 0 aliphatic carbocycles. The van der Waals surface area contributed by atoms with Crippen molar-refractivity contribution in [3.63, 3.8) is 0 Å². The van der Waals surface area contributed by atoms with Crippen LogP contribution in [0.2, 0.25) is 0 Å². The van der Waals surface area contributed by atoms with E-state index in [-0.39, 0.29) is 28.5 Å². The number of rotatable bonds is 2. The van der Waals surface area contributed by atoms with E-state index in [1.54, 1.807) is 34.0 Å². The SMILES string of the molecule is Cn1oc(C(=O)N2Cc3cnn(-c4ccccc4F)c3CC(C)(C)C2)cc1=O. The van der Waals surface area contributed by atoms with Crippen LogP contribution in [0, 0.1) is 11.2 Å². The number of amides is 1. The van der Waals surface area contributed by atoms with E-state index in [0.29, 0.717) is 25.2 Å². The van der Waals surface area contributed by atoms with Crippen molar-refractivity contribution in [1.29, 1.82) is 0 Å². The van der Waals surface area contributed by atoms with Crippen LogP contribution >= 0.6 is 0 Å². The van der Waals surface area contributed by atoms with Gasteiger partial charge in [-0.2, -0.15) is 9.84 Å². The predicted octanol–water partition coefficient (Wildman–Crippen LogP) is 2.53. The van der Waals surface area contributed by atoms with Crippen LogP contribution in [0.4, 0.5) is 4.39 Å². The standard InChI is InChI=1S/C20H21FN4O3/c1-20(2)9-16-13(10-22-25(16)15-7-5-4-6-14(15)21)11-24(12-20)19(27)17-8-18(26)23(3)28-17/h4-8,10H,9,11-12H2,1-3H3. The van der Waals surface area contributed by atoms with Gasteiger partial charge in [0, 0.05) is 31.4 Å². The van der Waals surface area contributed by atoms with Gasteiger partial charge in [0.2, 0.25) is 5.76 Å². The van der Waals surface area contributed by atoms with Crippen molar-refractivity contribution in [1.82, 2.24) is 19.4 Å². The molecule has 2 aromatic heterocycles. The van der Waals surface area contributed by atoms with E-state index >= 15 is 0 Å². The van der Waals surface area contributed by atoms with Crippen LogP contribution in [0.1, 0.15) is 35.7 Å². The van der Waals surface area contributed by atoms with Gasteiger partial charge in [-0.3, -0.25) is 9.59 Å². The molecule has 28 heavy (non-hydrogen) atoms. The second-order valence-electron chi connectivity index (χ2n) is 7.92. The first-order valence-corrected chi connectivity index (χ1v) is 9.02. The Morgan fingerprint density at radius 3 is 2.71 bits per heavy atom. The molecule has 4 rings (SSSR count). The summed E-state index contributed by atoms with van der Waals surface area (Å²) in [5.74, 6) is -0.694. The molecule has 0 saturated carbocycles. The third-order valence-corrected chi connectivity index (χ3v) is 4.96. The molecule has 1 aromatic carbocycles. The van der Waals surface area contributed by atoms with Crippen molar-refractivity contribution in [3.8, 4) is 5.69 Å². The molecule has 0 atom stereocenters. The van der Waals surface area contributed by atoms with Gasteiger partial charge in [-0.15, -0.1) is 0 Å². The Morgan fingerprint density at radius 1 is 1.29 bits per heavy atom. The van der Waals surface area contributed by atoms with Crippen molar-refractivity contribution < 1.29 is 13.7 Å². The third kappa shape index (κ3) is 3.15. The van der Waals surface area contributed by atoms with Crippen LogP contribution in [0.25, 0.3) is 5.69 Å². The summed E-state index contributed by atoms with van der Waals surface area (Å²) in [6, 6.07) is 7.69. The van der Waals surface area contributed by atoms with Crippen LogP contribution in [0.5, 0.6) is 0 Å². The number of benzene rings is 1.